The first-order chi connectivity index (χ1) is 11.2. The normalized spacial score (nSPS) is 26.7. The van der Waals surface area contributed by atoms with E-state index in [-0.39, 0.29) is 11.8 Å². The largest absolute Gasteiger partial charge is 0.273 e. The van der Waals surface area contributed by atoms with Gasteiger partial charge < -0.3 is 0 Å². The molecule has 4 rings (SSSR count). The predicted octanol–water partition coefficient (Wildman–Crippen LogP) is 4.12. The quantitative estimate of drug-likeness (QED) is 0.672. The van der Waals surface area contributed by atoms with Crippen molar-refractivity contribution in [2.45, 2.75) is 32.6 Å². The summed E-state index contributed by atoms with van der Waals surface area (Å²) in [5.74, 6) is 1.58. The third-order valence-electron chi connectivity index (χ3n) is 5.46. The summed E-state index contributed by atoms with van der Waals surface area (Å²) in [5, 5.41) is 6.75. The van der Waals surface area contributed by atoms with E-state index in [0.29, 0.717) is 11.8 Å². The molecule has 2 aromatic rings. The van der Waals surface area contributed by atoms with E-state index in [9.17, 15) is 4.79 Å². The zero-order chi connectivity index (χ0) is 15.8. The maximum atomic E-state index is 12.3. The van der Waals surface area contributed by atoms with E-state index in [1.807, 2.05) is 19.1 Å². The number of hydrazone groups is 1. The molecule has 2 saturated carbocycles. The zero-order valence-electron chi connectivity index (χ0n) is 13.5. The number of hydrogen-bond donors (Lipinski definition) is 1. The van der Waals surface area contributed by atoms with Gasteiger partial charge in [-0.05, 0) is 54.0 Å². The van der Waals surface area contributed by atoms with Gasteiger partial charge in [0.2, 0.25) is 5.91 Å². The Labute approximate surface area is 136 Å². The molecule has 23 heavy (non-hydrogen) atoms. The van der Waals surface area contributed by atoms with Crippen molar-refractivity contribution >= 4 is 22.4 Å². The second-order valence-electron chi connectivity index (χ2n) is 6.87. The number of amides is 1. The van der Waals surface area contributed by atoms with Crippen LogP contribution in [0.2, 0.25) is 0 Å². The number of benzene rings is 2. The van der Waals surface area contributed by atoms with Gasteiger partial charge in [0.15, 0.2) is 0 Å². The van der Waals surface area contributed by atoms with Crippen molar-refractivity contribution in [3.8, 4) is 0 Å². The number of carbonyl (C=O) groups is 1. The van der Waals surface area contributed by atoms with E-state index in [2.05, 4.69) is 40.9 Å². The van der Waals surface area contributed by atoms with Crippen LogP contribution >= 0.6 is 0 Å². The Morgan fingerprint density at radius 2 is 1.74 bits per heavy atom. The predicted molar refractivity (Wildman–Crippen MR) is 93.2 cm³/mol. The Hall–Kier alpha value is -2.16. The lowest BCUT2D eigenvalue weighted by atomic mass is 10.0. The fraction of sp³-hybridized carbons (Fsp3) is 0.400. The summed E-state index contributed by atoms with van der Waals surface area (Å²) in [5.41, 5.74) is 4.70. The molecule has 0 radical (unpaired) electrons. The lowest BCUT2D eigenvalue weighted by Gasteiger charge is -2.04. The molecule has 118 valence electrons. The smallest absolute Gasteiger partial charge is 0.243 e. The lowest BCUT2D eigenvalue weighted by molar-refractivity contribution is -0.122. The minimum atomic E-state index is 0.113. The molecule has 0 heterocycles. The third kappa shape index (κ3) is 2.76. The third-order valence-corrected chi connectivity index (χ3v) is 5.46. The summed E-state index contributed by atoms with van der Waals surface area (Å²) in [4.78, 5) is 12.3. The molecule has 2 atom stereocenters. The van der Waals surface area contributed by atoms with Crippen LogP contribution in [0.3, 0.4) is 0 Å². The van der Waals surface area contributed by atoms with E-state index >= 15 is 0 Å². The van der Waals surface area contributed by atoms with Crippen molar-refractivity contribution < 1.29 is 4.79 Å². The number of nitrogens with zero attached hydrogens (tertiary/aromatic N) is 1. The molecule has 1 amide bonds. The highest BCUT2D eigenvalue weighted by atomic mass is 16.2. The molecule has 3 heteroatoms. The Balaban J connectivity index is 1.46. The first-order valence-corrected chi connectivity index (χ1v) is 8.57. The van der Waals surface area contributed by atoms with Crippen LogP contribution in [0.5, 0.6) is 0 Å². The average Bonchev–Trinajstić information content (AvgIpc) is 3.33. The van der Waals surface area contributed by atoms with Gasteiger partial charge in [-0.2, -0.15) is 5.10 Å². The van der Waals surface area contributed by atoms with Gasteiger partial charge in [-0.3, -0.25) is 4.79 Å². The van der Waals surface area contributed by atoms with Crippen LogP contribution in [0, 0.1) is 17.8 Å². The number of fused-ring (bicyclic) bond motifs is 2. The van der Waals surface area contributed by atoms with Gasteiger partial charge >= 0.3 is 0 Å². The van der Waals surface area contributed by atoms with Gasteiger partial charge in [-0.15, -0.1) is 0 Å². The minimum Gasteiger partial charge on any atom is -0.273 e. The van der Waals surface area contributed by atoms with Gasteiger partial charge in [0.1, 0.15) is 0 Å². The first-order valence-electron chi connectivity index (χ1n) is 8.57. The summed E-state index contributed by atoms with van der Waals surface area (Å²) in [7, 11) is 0. The minimum absolute atomic E-state index is 0.113. The number of carbonyl (C=O) groups excluding carboxylic acids is 1. The van der Waals surface area contributed by atoms with Gasteiger partial charge in [-0.25, -0.2) is 5.43 Å². The molecule has 1 N–H and O–H groups in total. The first kappa shape index (κ1) is 14.4. The Bertz CT molecular complexity index is 768. The highest BCUT2D eigenvalue weighted by molar-refractivity contribution is 6.02. The van der Waals surface area contributed by atoms with Crippen molar-refractivity contribution in [2.24, 2.45) is 22.9 Å². The highest BCUT2D eigenvalue weighted by Gasteiger charge is 2.54. The molecule has 0 aromatic heterocycles. The van der Waals surface area contributed by atoms with Gasteiger partial charge in [-0.1, -0.05) is 49.2 Å². The molecule has 2 fully saturated rings. The summed E-state index contributed by atoms with van der Waals surface area (Å²) in [6.45, 7) is 1.95. The van der Waals surface area contributed by atoms with Crippen LogP contribution in [0.1, 0.15) is 38.2 Å². The Morgan fingerprint density at radius 3 is 2.48 bits per heavy atom. The van der Waals surface area contributed by atoms with Crippen LogP contribution < -0.4 is 5.43 Å². The van der Waals surface area contributed by atoms with Crippen LogP contribution in [-0.4, -0.2) is 11.6 Å². The highest BCUT2D eigenvalue weighted by Crippen LogP contribution is 2.55. The van der Waals surface area contributed by atoms with Crippen LogP contribution in [-0.2, 0) is 4.79 Å². The van der Waals surface area contributed by atoms with E-state index in [1.165, 1.54) is 36.5 Å². The van der Waals surface area contributed by atoms with E-state index < -0.39 is 0 Å². The molecule has 2 unspecified atom stereocenters. The summed E-state index contributed by atoms with van der Waals surface area (Å²) in [6, 6.07) is 14.6. The van der Waals surface area contributed by atoms with Gasteiger partial charge in [0, 0.05) is 5.92 Å². The molecule has 0 saturated heterocycles. The summed E-state index contributed by atoms with van der Waals surface area (Å²) in [6.07, 6.45) is 5.00. The maximum Gasteiger partial charge on any atom is 0.243 e. The van der Waals surface area contributed by atoms with E-state index in [1.54, 1.807) is 0 Å². The molecule has 2 aliphatic rings. The average molecular weight is 306 g/mol. The van der Waals surface area contributed by atoms with Crippen molar-refractivity contribution in [1.29, 1.82) is 0 Å². The lowest BCUT2D eigenvalue weighted by Crippen LogP contribution is -2.22. The number of rotatable bonds is 3. The standard InChI is InChI=1S/C20H22N2O/c1-13(15-11-10-14-6-2-3-7-16(14)12-15)21-22-20(23)19-17-8-4-5-9-18(17)19/h2-3,6-7,10-12,17-19H,4-5,8-9H2,1H3,(H,22,23)/b21-13+. The molecular formula is C20H22N2O. The summed E-state index contributed by atoms with van der Waals surface area (Å²) < 4.78 is 0. The van der Waals surface area contributed by atoms with Crippen molar-refractivity contribution in [3.05, 3.63) is 48.0 Å². The van der Waals surface area contributed by atoms with E-state index in [4.69, 9.17) is 0 Å². The molecule has 2 aromatic carbocycles. The fourth-order valence-corrected chi connectivity index (χ4v) is 4.07. The molecule has 2 aliphatic carbocycles. The van der Waals surface area contributed by atoms with Crippen molar-refractivity contribution in [1.82, 2.24) is 5.43 Å². The molecular weight excluding hydrogens is 284 g/mol. The maximum absolute atomic E-state index is 12.3. The molecule has 0 aliphatic heterocycles. The topological polar surface area (TPSA) is 41.5 Å². The van der Waals surface area contributed by atoms with Crippen LogP contribution in [0.4, 0.5) is 0 Å². The zero-order valence-corrected chi connectivity index (χ0v) is 13.5. The van der Waals surface area contributed by atoms with Gasteiger partial charge in [0.05, 0.1) is 5.71 Å². The SMILES string of the molecule is C/C(=N\NC(=O)C1C2CCCCC21)c1ccc2ccccc2c1. The molecule has 0 bridgehead atoms. The van der Waals surface area contributed by atoms with Crippen molar-refractivity contribution in [3.63, 3.8) is 0 Å². The Kier molecular flexibility index (Phi) is 3.64. The molecule has 0 spiro atoms. The summed E-state index contributed by atoms with van der Waals surface area (Å²) >= 11 is 0. The van der Waals surface area contributed by atoms with Crippen LogP contribution in [0.25, 0.3) is 10.8 Å². The second kappa shape index (κ2) is 5.80. The number of nitrogens with one attached hydrogen (secondary N) is 1. The monoisotopic (exact) mass is 306 g/mol. The fourth-order valence-electron chi connectivity index (χ4n) is 4.07. The van der Waals surface area contributed by atoms with Crippen LogP contribution in [0.15, 0.2) is 47.6 Å². The second-order valence-corrected chi connectivity index (χ2v) is 6.87. The van der Waals surface area contributed by atoms with Gasteiger partial charge in [0.25, 0.3) is 0 Å². The number of hydrogen-bond acceptors (Lipinski definition) is 2. The molecule has 3 nitrogen and oxygen atoms in total. The Morgan fingerprint density at radius 1 is 1.04 bits per heavy atom. The van der Waals surface area contributed by atoms with Crippen molar-refractivity contribution in [2.75, 3.05) is 0 Å². The van der Waals surface area contributed by atoms with E-state index in [0.717, 1.165) is 11.3 Å².